The number of hydrogen-bond donors (Lipinski definition) is 1. The molecule has 0 aromatic carbocycles. The highest BCUT2D eigenvalue weighted by atomic mass is 16.1. The molecule has 0 amide bonds. The van der Waals surface area contributed by atoms with E-state index >= 15 is 0 Å². The Morgan fingerprint density at radius 3 is 3.06 bits per heavy atom. The number of nitrogens with one attached hydrogen (secondary N) is 1. The molecule has 6 nitrogen and oxygen atoms in total. The van der Waals surface area contributed by atoms with Crippen LogP contribution in [0.5, 0.6) is 0 Å². The van der Waals surface area contributed by atoms with Crippen molar-refractivity contribution >= 4 is 0 Å². The number of fused-ring (bicyclic) bond motifs is 1. The molecule has 0 spiro atoms. The summed E-state index contributed by atoms with van der Waals surface area (Å²) in [5, 5.41) is 11.8. The van der Waals surface area contributed by atoms with Crippen molar-refractivity contribution in [3.63, 3.8) is 0 Å². The average Bonchev–Trinajstić information content (AvgIpc) is 2.78. The second-order valence-electron chi connectivity index (χ2n) is 4.57. The quantitative estimate of drug-likeness (QED) is 0.785. The van der Waals surface area contributed by atoms with Crippen LogP contribution in [0.15, 0.2) is 23.1 Å². The van der Waals surface area contributed by atoms with E-state index in [9.17, 15) is 4.79 Å². The van der Waals surface area contributed by atoms with E-state index in [0.29, 0.717) is 0 Å². The van der Waals surface area contributed by atoms with Gasteiger partial charge in [-0.3, -0.25) is 4.79 Å². The lowest BCUT2D eigenvalue weighted by Crippen LogP contribution is -2.32. The molecule has 0 aliphatic carbocycles. The predicted octanol–water partition coefficient (Wildman–Crippen LogP) is 0.308. The van der Waals surface area contributed by atoms with E-state index in [2.05, 4.69) is 27.0 Å². The summed E-state index contributed by atoms with van der Waals surface area (Å²) >= 11 is 0. The average molecular weight is 245 g/mol. The van der Waals surface area contributed by atoms with E-state index in [1.54, 1.807) is 23.9 Å². The SMILES string of the molecule is CC1NCCn2c(-c3ccn(C)c(=O)c3)nnc21. The molecule has 2 aromatic heterocycles. The van der Waals surface area contributed by atoms with E-state index in [-0.39, 0.29) is 11.6 Å². The largest absolute Gasteiger partial charge is 0.319 e. The fraction of sp³-hybridized carbons (Fsp3) is 0.417. The van der Waals surface area contributed by atoms with Crippen LogP contribution in [0.2, 0.25) is 0 Å². The number of nitrogens with zero attached hydrogens (tertiary/aromatic N) is 4. The van der Waals surface area contributed by atoms with Crippen molar-refractivity contribution in [1.82, 2.24) is 24.6 Å². The molecule has 0 saturated heterocycles. The van der Waals surface area contributed by atoms with Crippen LogP contribution in [0.1, 0.15) is 18.8 Å². The van der Waals surface area contributed by atoms with E-state index in [1.807, 2.05) is 6.07 Å². The van der Waals surface area contributed by atoms with Gasteiger partial charge in [0, 0.05) is 38.0 Å². The number of aromatic nitrogens is 4. The molecular formula is C12H15N5O. The van der Waals surface area contributed by atoms with E-state index in [0.717, 1.165) is 30.3 Å². The smallest absolute Gasteiger partial charge is 0.250 e. The summed E-state index contributed by atoms with van der Waals surface area (Å²) in [4.78, 5) is 11.7. The Balaban J connectivity index is 2.12. The summed E-state index contributed by atoms with van der Waals surface area (Å²) in [6.07, 6.45) is 1.75. The molecule has 1 unspecified atom stereocenters. The lowest BCUT2D eigenvalue weighted by Gasteiger charge is -2.21. The molecule has 3 rings (SSSR count). The molecule has 6 heteroatoms. The van der Waals surface area contributed by atoms with Gasteiger partial charge in [0.15, 0.2) is 5.82 Å². The van der Waals surface area contributed by atoms with Crippen LogP contribution in [0, 0.1) is 0 Å². The fourth-order valence-corrected chi connectivity index (χ4v) is 2.24. The standard InChI is InChI=1S/C12H15N5O/c1-8-11-14-15-12(17(11)6-4-13-8)9-3-5-16(2)10(18)7-9/h3,5,7-8,13H,4,6H2,1-2H3. The Bertz CT molecular complexity index is 642. The zero-order valence-electron chi connectivity index (χ0n) is 10.4. The molecule has 0 saturated carbocycles. The van der Waals surface area contributed by atoms with Crippen LogP contribution in [0.4, 0.5) is 0 Å². The summed E-state index contributed by atoms with van der Waals surface area (Å²) in [5.41, 5.74) is 0.790. The van der Waals surface area contributed by atoms with Crippen LogP contribution >= 0.6 is 0 Å². The number of pyridine rings is 1. The molecule has 1 atom stereocenters. The van der Waals surface area contributed by atoms with Crippen LogP contribution in [-0.2, 0) is 13.6 Å². The van der Waals surface area contributed by atoms with Gasteiger partial charge in [-0.15, -0.1) is 10.2 Å². The van der Waals surface area contributed by atoms with Gasteiger partial charge in [-0.1, -0.05) is 0 Å². The molecule has 0 fully saturated rings. The van der Waals surface area contributed by atoms with Gasteiger partial charge in [0.2, 0.25) is 0 Å². The molecule has 1 aliphatic heterocycles. The molecule has 18 heavy (non-hydrogen) atoms. The van der Waals surface area contributed by atoms with Gasteiger partial charge in [-0.2, -0.15) is 0 Å². The Kier molecular flexibility index (Phi) is 2.52. The van der Waals surface area contributed by atoms with Crippen molar-refractivity contribution in [2.45, 2.75) is 19.5 Å². The van der Waals surface area contributed by atoms with Gasteiger partial charge >= 0.3 is 0 Å². The van der Waals surface area contributed by atoms with Crippen LogP contribution in [-0.4, -0.2) is 25.9 Å². The first-order valence-electron chi connectivity index (χ1n) is 6.00. The van der Waals surface area contributed by atoms with Crippen molar-refractivity contribution in [2.24, 2.45) is 7.05 Å². The summed E-state index contributed by atoms with van der Waals surface area (Å²) < 4.78 is 3.62. The Hall–Kier alpha value is -1.95. The summed E-state index contributed by atoms with van der Waals surface area (Å²) in [6, 6.07) is 3.70. The minimum Gasteiger partial charge on any atom is -0.319 e. The fourth-order valence-electron chi connectivity index (χ4n) is 2.24. The molecule has 1 N–H and O–H groups in total. The monoisotopic (exact) mass is 245 g/mol. The van der Waals surface area contributed by atoms with Crippen LogP contribution < -0.4 is 10.9 Å². The minimum atomic E-state index is -0.0353. The number of rotatable bonds is 1. The topological polar surface area (TPSA) is 64.7 Å². The molecule has 0 radical (unpaired) electrons. The normalized spacial score (nSPS) is 18.7. The zero-order valence-corrected chi connectivity index (χ0v) is 10.4. The minimum absolute atomic E-state index is 0.0353. The van der Waals surface area contributed by atoms with Gasteiger partial charge < -0.3 is 14.5 Å². The molecule has 1 aliphatic rings. The lowest BCUT2D eigenvalue weighted by atomic mass is 10.2. The van der Waals surface area contributed by atoms with Crippen molar-refractivity contribution in [1.29, 1.82) is 0 Å². The third-order valence-electron chi connectivity index (χ3n) is 3.32. The van der Waals surface area contributed by atoms with E-state index in [4.69, 9.17) is 0 Å². The summed E-state index contributed by atoms with van der Waals surface area (Å²) in [7, 11) is 1.73. The number of hydrogen-bond acceptors (Lipinski definition) is 4. The third kappa shape index (κ3) is 1.65. The maximum Gasteiger partial charge on any atom is 0.250 e. The van der Waals surface area contributed by atoms with Gasteiger partial charge in [0.25, 0.3) is 5.56 Å². The Morgan fingerprint density at radius 1 is 1.44 bits per heavy atom. The van der Waals surface area contributed by atoms with Gasteiger partial charge in [-0.25, -0.2) is 0 Å². The number of aryl methyl sites for hydroxylation is 1. The van der Waals surface area contributed by atoms with Gasteiger partial charge in [-0.05, 0) is 13.0 Å². The van der Waals surface area contributed by atoms with Crippen LogP contribution in [0.3, 0.4) is 0 Å². The van der Waals surface area contributed by atoms with Crippen molar-refractivity contribution in [3.8, 4) is 11.4 Å². The maximum atomic E-state index is 11.7. The van der Waals surface area contributed by atoms with E-state index in [1.165, 1.54) is 0 Å². The molecule has 94 valence electrons. The first kappa shape index (κ1) is 11.2. The highest BCUT2D eigenvalue weighted by Crippen LogP contribution is 2.22. The van der Waals surface area contributed by atoms with Crippen molar-refractivity contribution in [2.75, 3.05) is 6.54 Å². The highest BCUT2D eigenvalue weighted by Gasteiger charge is 2.22. The predicted molar refractivity (Wildman–Crippen MR) is 67.1 cm³/mol. The first-order valence-corrected chi connectivity index (χ1v) is 6.00. The van der Waals surface area contributed by atoms with Crippen molar-refractivity contribution < 1.29 is 0 Å². The van der Waals surface area contributed by atoms with Crippen LogP contribution in [0.25, 0.3) is 11.4 Å². The van der Waals surface area contributed by atoms with Crippen molar-refractivity contribution in [3.05, 3.63) is 34.5 Å². The molecule has 2 aromatic rings. The lowest BCUT2D eigenvalue weighted by molar-refractivity contribution is 0.439. The maximum absolute atomic E-state index is 11.7. The second-order valence-corrected chi connectivity index (χ2v) is 4.57. The van der Waals surface area contributed by atoms with Gasteiger partial charge in [0.05, 0.1) is 6.04 Å². The first-order chi connectivity index (χ1) is 8.66. The zero-order chi connectivity index (χ0) is 12.7. The Morgan fingerprint density at radius 2 is 2.28 bits per heavy atom. The summed E-state index contributed by atoms with van der Waals surface area (Å²) in [6.45, 7) is 3.79. The second kappa shape index (κ2) is 4.06. The van der Waals surface area contributed by atoms with Gasteiger partial charge in [0.1, 0.15) is 5.82 Å². The molecular weight excluding hydrogens is 230 g/mol. The highest BCUT2D eigenvalue weighted by molar-refractivity contribution is 5.54. The molecule has 0 bridgehead atoms. The Labute approximate surface area is 104 Å². The third-order valence-corrected chi connectivity index (χ3v) is 3.32. The summed E-state index contributed by atoms with van der Waals surface area (Å²) in [5.74, 6) is 1.70. The van der Waals surface area contributed by atoms with E-state index < -0.39 is 0 Å². The molecule has 3 heterocycles.